The molecule has 0 bridgehead atoms. The van der Waals surface area contributed by atoms with Crippen LogP contribution in [-0.2, 0) is 0 Å². The number of fused-ring (bicyclic) bond motifs is 1. The Kier molecular flexibility index (Phi) is 6.24. The molecular weight excluding hydrogens is 344 g/mol. The lowest BCUT2D eigenvalue weighted by Gasteiger charge is -2.30. The van der Waals surface area contributed by atoms with E-state index < -0.39 is 0 Å². The number of amides is 1. The largest absolute Gasteiger partial charge is 0.351 e. The zero-order valence-electron chi connectivity index (χ0n) is 16.4. The Labute approximate surface area is 160 Å². The number of unbranched alkanes of at least 4 members (excludes halogenated alkanes) is 1. The van der Waals surface area contributed by atoms with Gasteiger partial charge in [-0.3, -0.25) is 4.79 Å². The molecule has 2 aromatic heterocycles. The molecule has 1 saturated heterocycles. The summed E-state index contributed by atoms with van der Waals surface area (Å²) in [4.78, 5) is 25.8. The highest BCUT2D eigenvalue weighted by molar-refractivity contribution is 7.20. The molecule has 5 nitrogen and oxygen atoms in total. The number of hydrogen-bond acceptors (Lipinski definition) is 5. The maximum Gasteiger partial charge on any atom is 0.261 e. The van der Waals surface area contributed by atoms with Crippen molar-refractivity contribution in [2.75, 3.05) is 26.2 Å². The zero-order chi connectivity index (χ0) is 18.7. The van der Waals surface area contributed by atoms with Crippen molar-refractivity contribution in [3.05, 3.63) is 22.0 Å². The Bertz CT molecular complexity index is 786. The molecule has 1 aliphatic rings. The number of nitrogens with zero attached hydrogens (tertiary/aromatic N) is 3. The third-order valence-corrected chi connectivity index (χ3v) is 6.40. The number of likely N-dealkylation sites (tertiary alicyclic amines) is 1. The molecule has 0 aliphatic carbocycles. The molecule has 0 radical (unpaired) electrons. The smallest absolute Gasteiger partial charge is 0.261 e. The molecule has 142 valence electrons. The molecule has 0 spiro atoms. The standard InChI is InChI=1S/C20H30N4OS/c1-13-8-7-11-24(12-13)10-6-5-9-21-19(25)18-14(2)17-15(3)22-16(4)23-20(17)26-18/h13H,5-12H2,1-4H3,(H,21,25). The maximum atomic E-state index is 12.6. The number of rotatable bonds is 6. The number of nitrogens with one attached hydrogen (secondary N) is 1. The van der Waals surface area contributed by atoms with Crippen LogP contribution in [0.15, 0.2) is 0 Å². The number of piperidine rings is 1. The summed E-state index contributed by atoms with van der Waals surface area (Å²) in [6.45, 7) is 12.6. The Hall–Kier alpha value is -1.53. The van der Waals surface area contributed by atoms with E-state index in [1.165, 1.54) is 37.3 Å². The van der Waals surface area contributed by atoms with Crippen molar-refractivity contribution in [1.82, 2.24) is 20.2 Å². The fourth-order valence-corrected chi connectivity index (χ4v) is 5.12. The van der Waals surface area contributed by atoms with Crippen molar-refractivity contribution in [3.63, 3.8) is 0 Å². The van der Waals surface area contributed by atoms with E-state index in [0.29, 0.717) is 0 Å². The Morgan fingerprint density at radius 2 is 2.08 bits per heavy atom. The molecule has 26 heavy (non-hydrogen) atoms. The molecule has 3 heterocycles. The Morgan fingerprint density at radius 1 is 1.27 bits per heavy atom. The van der Waals surface area contributed by atoms with Crippen LogP contribution in [-0.4, -0.2) is 47.0 Å². The van der Waals surface area contributed by atoms with E-state index in [2.05, 4.69) is 27.1 Å². The average Bonchev–Trinajstić information content (AvgIpc) is 2.91. The summed E-state index contributed by atoms with van der Waals surface area (Å²) < 4.78 is 0. The van der Waals surface area contributed by atoms with Crippen LogP contribution in [0.1, 0.15) is 59.4 Å². The Morgan fingerprint density at radius 3 is 2.85 bits per heavy atom. The lowest BCUT2D eigenvalue weighted by Crippen LogP contribution is -2.35. The first kappa shape index (κ1) is 19.2. The van der Waals surface area contributed by atoms with Crippen molar-refractivity contribution in [2.45, 2.75) is 53.4 Å². The molecule has 6 heteroatoms. The summed E-state index contributed by atoms with van der Waals surface area (Å²) in [5.74, 6) is 1.61. The normalized spacial score (nSPS) is 18.4. The summed E-state index contributed by atoms with van der Waals surface area (Å²) in [6, 6.07) is 0. The van der Waals surface area contributed by atoms with E-state index in [1.807, 2.05) is 20.8 Å². The summed E-state index contributed by atoms with van der Waals surface area (Å²) in [6.07, 6.45) is 4.86. The van der Waals surface area contributed by atoms with E-state index in [9.17, 15) is 4.79 Å². The molecule has 2 aromatic rings. The first-order chi connectivity index (χ1) is 12.5. The minimum atomic E-state index is 0.0224. The molecule has 1 amide bonds. The molecule has 1 N–H and O–H groups in total. The van der Waals surface area contributed by atoms with Gasteiger partial charge < -0.3 is 10.2 Å². The molecule has 0 aromatic carbocycles. The number of carbonyl (C=O) groups excluding carboxylic acids is 1. The summed E-state index contributed by atoms with van der Waals surface area (Å²) in [7, 11) is 0. The van der Waals surface area contributed by atoms with Crippen LogP contribution in [0, 0.1) is 26.7 Å². The van der Waals surface area contributed by atoms with Gasteiger partial charge in [0.2, 0.25) is 0 Å². The molecule has 3 rings (SSSR count). The third-order valence-electron chi connectivity index (χ3n) is 5.22. The first-order valence-electron chi connectivity index (χ1n) is 9.70. The van der Waals surface area contributed by atoms with Gasteiger partial charge in [-0.05, 0) is 71.0 Å². The van der Waals surface area contributed by atoms with E-state index in [1.54, 1.807) is 0 Å². The third kappa shape index (κ3) is 4.41. The van der Waals surface area contributed by atoms with Gasteiger partial charge in [0.15, 0.2) is 0 Å². The highest BCUT2D eigenvalue weighted by Gasteiger charge is 2.19. The number of aryl methyl sites for hydroxylation is 3. The number of carbonyl (C=O) groups is 1. The Balaban J connectivity index is 1.50. The summed E-state index contributed by atoms with van der Waals surface area (Å²) in [5, 5.41) is 4.12. The van der Waals surface area contributed by atoms with Crippen molar-refractivity contribution in [1.29, 1.82) is 0 Å². The van der Waals surface area contributed by atoms with E-state index in [4.69, 9.17) is 0 Å². The first-order valence-corrected chi connectivity index (χ1v) is 10.5. The monoisotopic (exact) mass is 374 g/mol. The predicted molar refractivity (Wildman–Crippen MR) is 108 cm³/mol. The molecule has 1 unspecified atom stereocenters. The van der Waals surface area contributed by atoms with Crippen LogP contribution in [0.4, 0.5) is 0 Å². The van der Waals surface area contributed by atoms with Gasteiger partial charge in [-0.25, -0.2) is 9.97 Å². The molecule has 0 saturated carbocycles. The van der Waals surface area contributed by atoms with Crippen molar-refractivity contribution >= 4 is 27.5 Å². The molecule has 1 fully saturated rings. The van der Waals surface area contributed by atoms with Gasteiger partial charge in [-0.15, -0.1) is 11.3 Å². The fourth-order valence-electron chi connectivity index (χ4n) is 3.92. The van der Waals surface area contributed by atoms with Crippen LogP contribution in [0.2, 0.25) is 0 Å². The molecular formula is C20H30N4OS. The van der Waals surface area contributed by atoms with Gasteiger partial charge in [-0.1, -0.05) is 6.92 Å². The van der Waals surface area contributed by atoms with E-state index >= 15 is 0 Å². The number of aromatic nitrogens is 2. The lowest BCUT2D eigenvalue weighted by molar-refractivity contribution is 0.0956. The molecule has 1 atom stereocenters. The van der Waals surface area contributed by atoms with E-state index in [0.717, 1.165) is 64.0 Å². The number of thiophene rings is 1. The van der Waals surface area contributed by atoms with Gasteiger partial charge in [0.05, 0.1) is 4.88 Å². The van der Waals surface area contributed by atoms with Crippen molar-refractivity contribution in [2.24, 2.45) is 5.92 Å². The van der Waals surface area contributed by atoms with E-state index in [-0.39, 0.29) is 5.91 Å². The topological polar surface area (TPSA) is 58.1 Å². The quantitative estimate of drug-likeness (QED) is 0.780. The number of hydrogen-bond donors (Lipinski definition) is 1. The van der Waals surface area contributed by atoms with Crippen LogP contribution in [0.5, 0.6) is 0 Å². The minimum Gasteiger partial charge on any atom is -0.351 e. The minimum absolute atomic E-state index is 0.0224. The summed E-state index contributed by atoms with van der Waals surface area (Å²) >= 11 is 1.48. The van der Waals surface area contributed by atoms with Crippen LogP contribution in [0.3, 0.4) is 0 Å². The van der Waals surface area contributed by atoms with Gasteiger partial charge in [-0.2, -0.15) is 0 Å². The highest BCUT2D eigenvalue weighted by atomic mass is 32.1. The maximum absolute atomic E-state index is 12.6. The zero-order valence-corrected chi connectivity index (χ0v) is 17.2. The van der Waals surface area contributed by atoms with Crippen molar-refractivity contribution in [3.8, 4) is 0 Å². The highest BCUT2D eigenvalue weighted by Crippen LogP contribution is 2.31. The van der Waals surface area contributed by atoms with Crippen LogP contribution in [0.25, 0.3) is 10.2 Å². The van der Waals surface area contributed by atoms with Crippen LogP contribution < -0.4 is 5.32 Å². The fraction of sp³-hybridized carbons (Fsp3) is 0.650. The van der Waals surface area contributed by atoms with Gasteiger partial charge in [0.25, 0.3) is 5.91 Å². The van der Waals surface area contributed by atoms with Crippen molar-refractivity contribution < 1.29 is 4.79 Å². The second kappa shape index (κ2) is 8.44. The van der Waals surface area contributed by atoms with Gasteiger partial charge >= 0.3 is 0 Å². The average molecular weight is 375 g/mol. The second-order valence-corrected chi connectivity index (χ2v) is 8.60. The molecule has 1 aliphatic heterocycles. The van der Waals surface area contributed by atoms with Gasteiger partial charge in [0, 0.05) is 24.2 Å². The van der Waals surface area contributed by atoms with Gasteiger partial charge in [0.1, 0.15) is 10.7 Å². The summed E-state index contributed by atoms with van der Waals surface area (Å²) in [5.41, 5.74) is 1.96. The SMILES string of the molecule is Cc1nc(C)c2c(C)c(C(=O)NCCCCN3CCCC(C)C3)sc2n1. The second-order valence-electron chi connectivity index (χ2n) is 7.60. The van der Waals surface area contributed by atoms with Crippen LogP contribution >= 0.6 is 11.3 Å². The lowest BCUT2D eigenvalue weighted by atomic mass is 10.0. The predicted octanol–water partition coefficient (Wildman–Crippen LogP) is 3.86.